The molecule has 4 rings (SSSR count). The molecule has 0 aliphatic heterocycles. The van der Waals surface area contributed by atoms with Crippen molar-refractivity contribution in [3.05, 3.63) is 70.6 Å². The lowest BCUT2D eigenvalue weighted by Gasteiger charge is -2.06. The quantitative estimate of drug-likeness (QED) is 0.498. The molecule has 2 heterocycles. The van der Waals surface area contributed by atoms with Crippen LogP contribution in [0.1, 0.15) is 0 Å². The molecule has 26 heavy (non-hydrogen) atoms. The second kappa shape index (κ2) is 7.27. The Balaban J connectivity index is 1.82. The molecule has 0 aliphatic rings. The van der Waals surface area contributed by atoms with Crippen molar-refractivity contribution in [2.45, 2.75) is 6.54 Å². The van der Waals surface area contributed by atoms with Gasteiger partial charge >= 0.3 is 0 Å². The number of aromatic nitrogens is 1. The van der Waals surface area contributed by atoms with E-state index in [1.54, 1.807) is 19.2 Å². The molecule has 6 heteroatoms. The van der Waals surface area contributed by atoms with Gasteiger partial charge in [0.2, 0.25) is 0 Å². The molecule has 0 N–H and O–H groups in total. The minimum atomic E-state index is -0.273. The van der Waals surface area contributed by atoms with Gasteiger partial charge in [0.1, 0.15) is 11.4 Å². The van der Waals surface area contributed by atoms with Crippen molar-refractivity contribution in [1.29, 1.82) is 0 Å². The van der Waals surface area contributed by atoms with E-state index in [9.17, 15) is 4.39 Å². The number of ether oxygens (including phenoxy) is 1. The number of para-hydroxylation sites is 1. The normalized spacial score (nSPS) is 12.2. The number of fused-ring (bicyclic) bond motifs is 1. The van der Waals surface area contributed by atoms with Crippen LogP contribution in [0, 0.1) is 5.82 Å². The highest BCUT2D eigenvalue weighted by Crippen LogP contribution is 2.28. The zero-order valence-corrected chi connectivity index (χ0v) is 15.0. The molecule has 2 aromatic heterocycles. The van der Waals surface area contributed by atoms with E-state index in [0.29, 0.717) is 18.8 Å². The van der Waals surface area contributed by atoms with Gasteiger partial charge in [0.15, 0.2) is 10.6 Å². The van der Waals surface area contributed by atoms with Gasteiger partial charge in [-0.3, -0.25) is 0 Å². The van der Waals surface area contributed by atoms with E-state index in [1.165, 1.54) is 23.5 Å². The van der Waals surface area contributed by atoms with Gasteiger partial charge in [0.05, 0.1) is 18.0 Å². The molecule has 0 radical (unpaired) electrons. The second-order valence-corrected chi connectivity index (χ2v) is 6.62. The maximum absolute atomic E-state index is 13.1. The van der Waals surface area contributed by atoms with Crippen LogP contribution in [-0.4, -0.2) is 18.3 Å². The number of rotatable bonds is 5. The van der Waals surface area contributed by atoms with Gasteiger partial charge in [-0.2, -0.15) is 0 Å². The number of nitrogens with zero attached hydrogens (tertiary/aromatic N) is 2. The molecule has 0 spiro atoms. The Morgan fingerprint density at radius 3 is 2.73 bits per heavy atom. The van der Waals surface area contributed by atoms with Crippen molar-refractivity contribution < 1.29 is 13.5 Å². The van der Waals surface area contributed by atoms with Crippen LogP contribution >= 0.6 is 11.3 Å². The fraction of sp³-hybridized carbons (Fsp3) is 0.150. The third-order valence-electron chi connectivity index (χ3n) is 4.05. The summed E-state index contributed by atoms with van der Waals surface area (Å²) >= 11 is 1.52. The van der Waals surface area contributed by atoms with E-state index in [1.807, 2.05) is 35.7 Å². The Hall–Kier alpha value is -2.70. The Kier molecular flexibility index (Phi) is 4.69. The Bertz CT molecular complexity index is 1060. The fourth-order valence-electron chi connectivity index (χ4n) is 2.75. The third-order valence-corrected chi connectivity index (χ3v) is 4.91. The summed E-state index contributed by atoms with van der Waals surface area (Å²) in [6.07, 6.45) is 0. The van der Waals surface area contributed by atoms with Crippen LogP contribution in [0.5, 0.6) is 0 Å². The summed E-state index contributed by atoms with van der Waals surface area (Å²) in [5, 5.41) is 3.08. The summed E-state index contributed by atoms with van der Waals surface area (Å²) in [6, 6.07) is 16.1. The smallest absolute Gasteiger partial charge is 0.190 e. The number of thiazole rings is 1. The monoisotopic (exact) mass is 368 g/mol. The average molecular weight is 368 g/mol. The Morgan fingerprint density at radius 2 is 1.96 bits per heavy atom. The molecular formula is C20H17FN2O2S. The van der Waals surface area contributed by atoms with Crippen LogP contribution in [0.2, 0.25) is 0 Å². The molecule has 0 saturated carbocycles. The molecule has 132 valence electrons. The van der Waals surface area contributed by atoms with Gasteiger partial charge in [0, 0.05) is 24.4 Å². The van der Waals surface area contributed by atoms with E-state index >= 15 is 0 Å². The highest BCUT2D eigenvalue weighted by atomic mass is 32.1. The molecular weight excluding hydrogens is 351 g/mol. The maximum Gasteiger partial charge on any atom is 0.190 e. The summed E-state index contributed by atoms with van der Waals surface area (Å²) < 4.78 is 26.4. The summed E-state index contributed by atoms with van der Waals surface area (Å²) in [6.45, 7) is 1.20. The summed E-state index contributed by atoms with van der Waals surface area (Å²) in [5.74, 6) is 0.518. The van der Waals surface area contributed by atoms with Gasteiger partial charge in [-0.1, -0.05) is 18.2 Å². The van der Waals surface area contributed by atoms with Crippen LogP contribution in [0.3, 0.4) is 0 Å². The Labute approximate surface area is 153 Å². The molecule has 0 amide bonds. The number of hydrogen-bond donors (Lipinski definition) is 0. The number of methoxy groups -OCH3 is 1. The van der Waals surface area contributed by atoms with Gasteiger partial charge in [0.25, 0.3) is 0 Å². The zero-order chi connectivity index (χ0) is 17.9. The molecule has 4 nitrogen and oxygen atoms in total. The van der Waals surface area contributed by atoms with Crippen molar-refractivity contribution in [3.8, 4) is 11.5 Å². The predicted molar refractivity (Wildman–Crippen MR) is 101 cm³/mol. The number of benzene rings is 2. The van der Waals surface area contributed by atoms with E-state index in [2.05, 4.69) is 9.56 Å². The number of hydrogen-bond acceptors (Lipinski definition) is 4. The van der Waals surface area contributed by atoms with Gasteiger partial charge in [-0.05, 0) is 36.4 Å². The SMILES string of the molecule is COCCn1c(-c2cc3ccccc3o2)csc1=Nc1ccc(F)cc1. The molecule has 0 aliphatic carbocycles. The summed E-state index contributed by atoms with van der Waals surface area (Å²) in [4.78, 5) is 5.46. The lowest BCUT2D eigenvalue weighted by atomic mass is 10.2. The molecule has 0 fully saturated rings. The minimum absolute atomic E-state index is 0.273. The predicted octanol–water partition coefficient (Wildman–Crippen LogP) is 4.98. The Morgan fingerprint density at radius 1 is 1.15 bits per heavy atom. The molecule has 0 saturated heterocycles. The lowest BCUT2D eigenvalue weighted by Crippen LogP contribution is -2.18. The van der Waals surface area contributed by atoms with Crippen molar-refractivity contribution >= 4 is 28.0 Å². The molecule has 4 aromatic rings. The molecule has 2 aromatic carbocycles. The highest BCUT2D eigenvalue weighted by molar-refractivity contribution is 7.07. The lowest BCUT2D eigenvalue weighted by molar-refractivity contribution is 0.187. The molecule has 0 bridgehead atoms. The first-order valence-corrected chi connectivity index (χ1v) is 9.09. The zero-order valence-electron chi connectivity index (χ0n) is 14.2. The first-order chi connectivity index (χ1) is 12.7. The molecule has 0 atom stereocenters. The van der Waals surface area contributed by atoms with Crippen LogP contribution in [-0.2, 0) is 11.3 Å². The van der Waals surface area contributed by atoms with E-state index < -0.39 is 0 Å². The number of furan rings is 1. The fourth-order valence-corrected chi connectivity index (χ4v) is 3.68. The maximum atomic E-state index is 13.1. The first-order valence-electron chi connectivity index (χ1n) is 8.21. The van der Waals surface area contributed by atoms with Gasteiger partial charge in [-0.15, -0.1) is 11.3 Å². The van der Waals surface area contributed by atoms with Crippen LogP contribution in [0.15, 0.2) is 69.4 Å². The summed E-state index contributed by atoms with van der Waals surface area (Å²) in [7, 11) is 1.67. The van der Waals surface area contributed by atoms with Crippen molar-refractivity contribution in [2.24, 2.45) is 4.99 Å². The van der Waals surface area contributed by atoms with Gasteiger partial charge in [-0.25, -0.2) is 9.38 Å². The van der Waals surface area contributed by atoms with E-state index in [4.69, 9.17) is 9.15 Å². The van der Waals surface area contributed by atoms with Gasteiger partial charge < -0.3 is 13.7 Å². The second-order valence-electron chi connectivity index (χ2n) is 5.78. The first kappa shape index (κ1) is 16.8. The summed E-state index contributed by atoms with van der Waals surface area (Å²) in [5.41, 5.74) is 2.50. The standard InChI is InChI=1S/C20H17FN2O2S/c1-24-11-10-23-17(19-12-14-4-2-3-5-18(14)25-19)13-26-20(23)22-16-8-6-15(21)7-9-16/h2-9,12-13H,10-11H2,1H3. The van der Waals surface area contributed by atoms with E-state index in [0.717, 1.165) is 27.2 Å². The van der Waals surface area contributed by atoms with Crippen molar-refractivity contribution in [3.63, 3.8) is 0 Å². The van der Waals surface area contributed by atoms with Crippen molar-refractivity contribution in [1.82, 2.24) is 4.57 Å². The largest absolute Gasteiger partial charge is 0.454 e. The topological polar surface area (TPSA) is 39.7 Å². The molecule has 0 unspecified atom stereocenters. The minimum Gasteiger partial charge on any atom is -0.454 e. The highest BCUT2D eigenvalue weighted by Gasteiger charge is 2.13. The third kappa shape index (κ3) is 3.34. The van der Waals surface area contributed by atoms with Crippen LogP contribution in [0.4, 0.5) is 10.1 Å². The number of halogens is 1. The average Bonchev–Trinajstić information content (AvgIpc) is 3.25. The van der Waals surface area contributed by atoms with Crippen molar-refractivity contribution in [2.75, 3.05) is 13.7 Å². The van der Waals surface area contributed by atoms with Crippen LogP contribution < -0.4 is 4.80 Å². The van der Waals surface area contributed by atoms with Crippen LogP contribution in [0.25, 0.3) is 22.4 Å². The van der Waals surface area contributed by atoms with E-state index in [-0.39, 0.29) is 5.82 Å².